The largest absolute Gasteiger partial charge is 0.481 e. The highest BCUT2D eigenvalue weighted by Gasteiger charge is 2.30. The Kier molecular flexibility index (Phi) is 8.05. The van der Waals surface area contributed by atoms with Crippen LogP contribution in [0.25, 0.3) is 0 Å². The molecule has 0 bridgehead atoms. The number of fused-ring (bicyclic) bond motifs is 1. The van der Waals surface area contributed by atoms with Crippen LogP contribution >= 0.6 is 0 Å². The molecule has 10 nitrogen and oxygen atoms in total. The van der Waals surface area contributed by atoms with Crippen molar-refractivity contribution < 1.29 is 24.3 Å². The molecule has 0 saturated heterocycles. The van der Waals surface area contributed by atoms with Crippen molar-refractivity contribution >= 4 is 46.8 Å². The van der Waals surface area contributed by atoms with Crippen molar-refractivity contribution in [2.24, 2.45) is 12.0 Å². The maximum atomic E-state index is 13.3. The molecule has 0 radical (unpaired) electrons. The predicted molar refractivity (Wildman–Crippen MR) is 159 cm³/mol. The van der Waals surface area contributed by atoms with Gasteiger partial charge in [-0.2, -0.15) is 5.10 Å². The number of carboxylic acids is 1. The first-order chi connectivity index (χ1) is 20.2. The summed E-state index contributed by atoms with van der Waals surface area (Å²) < 4.78 is 1.50. The molecule has 3 N–H and O–H groups in total. The van der Waals surface area contributed by atoms with Crippen LogP contribution in [0.1, 0.15) is 62.0 Å². The number of hydrogen-bond acceptors (Lipinski definition) is 6. The van der Waals surface area contributed by atoms with Gasteiger partial charge in [-0.1, -0.05) is 36.4 Å². The molecule has 0 saturated carbocycles. The number of aliphatic imine (C=N–C) groups is 1. The highest BCUT2D eigenvalue weighted by molar-refractivity contribution is 6.15. The minimum Gasteiger partial charge on any atom is -0.481 e. The standard InChI is InChI=1S/C32H29N5O5/c1-19-15-28(37(2)36-19)32(42)34-24-7-4-6-21(16-24)30(40)22-11-14-25-26(31(41)35-27(25)17-22)18-33-23-12-9-20(10-13-23)5-3-8-29(38)39/h4,6-7,9-18,26H,3,5,8H2,1-2H3,(H,34,42)(H,35,41)(H,38,39). The Hall–Kier alpha value is -5.38. The summed E-state index contributed by atoms with van der Waals surface area (Å²) in [4.78, 5) is 53.9. The second kappa shape index (κ2) is 12.0. The summed E-state index contributed by atoms with van der Waals surface area (Å²) in [6.45, 7) is 1.80. The number of carboxylic acid groups (broad SMARTS) is 1. The van der Waals surface area contributed by atoms with Crippen molar-refractivity contribution in [3.63, 3.8) is 0 Å². The first-order valence-corrected chi connectivity index (χ1v) is 13.4. The van der Waals surface area contributed by atoms with Crippen LogP contribution in [0, 0.1) is 6.92 Å². The van der Waals surface area contributed by atoms with E-state index in [1.165, 1.54) is 4.68 Å². The molecule has 1 aliphatic heterocycles. The van der Waals surface area contributed by atoms with Crippen LogP contribution in [0.4, 0.5) is 17.1 Å². The zero-order valence-electron chi connectivity index (χ0n) is 23.1. The fourth-order valence-electron chi connectivity index (χ4n) is 4.85. The summed E-state index contributed by atoms with van der Waals surface area (Å²) in [5, 5.41) is 18.6. The van der Waals surface area contributed by atoms with Gasteiger partial charge in [0, 0.05) is 42.2 Å². The van der Waals surface area contributed by atoms with Crippen molar-refractivity contribution in [2.75, 3.05) is 10.6 Å². The van der Waals surface area contributed by atoms with Crippen LogP contribution in [0.15, 0.2) is 77.8 Å². The molecule has 1 aliphatic rings. The minimum atomic E-state index is -0.810. The van der Waals surface area contributed by atoms with E-state index in [-0.39, 0.29) is 24.0 Å². The maximum absolute atomic E-state index is 13.3. The molecular formula is C32H29N5O5. The summed E-state index contributed by atoms with van der Waals surface area (Å²) in [5.41, 5.74) is 5.36. The summed E-state index contributed by atoms with van der Waals surface area (Å²) >= 11 is 0. The second-order valence-corrected chi connectivity index (χ2v) is 10.1. The minimum absolute atomic E-state index is 0.126. The van der Waals surface area contributed by atoms with Gasteiger partial charge in [-0.3, -0.25) is 28.9 Å². The highest BCUT2D eigenvalue weighted by atomic mass is 16.4. The van der Waals surface area contributed by atoms with E-state index >= 15 is 0 Å². The van der Waals surface area contributed by atoms with Gasteiger partial charge in [0.05, 0.1) is 11.4 Å². The first kappa shape index (κ1) is 28.2. The third-order valence-electron chi connectivity index (χ3n) is 6.97. The van der Waals surface area contributed by atoms with Crippen LogP contribution in [-0.4, -0.2) is 44.7 Å². The van der Waals surface area contributed by atoms with Gasteiger partial charge in [0.1, 0.15) is 11.6 Å². The number of nitrogens with zero attached hydrogens (tertiary/aromatic N) is 3. The third kappa shape index (κ3) is 6.33. The topological polar surface area (TPSA) is 143 Å². The van der Waals surface area contributed by atoms with Crippen LogP contribution in [0.5, 0.6) is 0 Å². The zero-order chi connectivity index (χ0) is 29.8. The molecule has 0 aliphatic carbocycles. The normalized spacial score (nSPS) is 14.0. The monoisotopic (exact) mass is 563 g/mol. The van der Waals surface area contributed by atoms with E-state index in [1.807, 2.05) is 24.3 Å². The Morgan fingerprint density at radius 1 is 1.05 bits per heavy atom. The Balaban J connectivity index is 1.26. The molecule has 10 heteroatoms. The number of amides is 2. The lowest BCUT2D eigenvalue weighted by Crippen LogP contribution is -2.16. The van der Waals surface area contributed by atoms with Crippen LogP contribution in [0.3, 0.4) is 0 Å². The SMILES string of the molecule is Cc1cc(C(=O)Nc2cccc(C(=O)c3ccc4c(c3)NC(=O)C4C=Nc3ccc(CCCC(=O)O)cc3)c2)n(C)n1. The fraction of sp³-hybridized carbons (Fsp3) is 0.188. The van der Waals surface area contributed by atoms with Gasteiger partial charge >= 0.3 is 5.97 Å². The van der Waals surface area contributed by atoms with E-state index in [2.05, 4.69) is 20.7 Å². The Labute approximate surface area is 242 Å². The number of carbonyl (C=O) groups excluding carboxylic acids is 3. The maximum Gasteiger partial charge on any atom is 0.303 e. The lowest BCUT2D eigenvalue weighted by molar-refractivity contribution is -0.137. The average molecular weight is 564 g/mol. The van der Waals surface area contributed by atoms with Gasteiger partial charge in [0.25, 0.3) is 5.91 Å². The molecule has 1 unspecified atom stereocenters. The van der Waals surface area contributed by atoms with Gasteiger partial charge in [-0.05, 0) is 67.3 Å². The van der Waals surface area contributed by atoms with Crippen molar-refractivity contribution in [1.82, 2.24) is 9.78 Å². The van der Waals surface area contributed by atoms with E-state index in [9.17, 15) is 19.2 Å². The van der Waals surface area contributed by atoms with Crippen molar-refractivity contribution in [1.29, 1.82) is 0 Å². The fourth-order valence-corrected chi connectivity index (χ4v) is 4.85. The van der Waals surface area contributed by atoms with Crippen LogP contribution < -0.4 is 10.6 Å². The van der Waals surface area contributed by atoms with Gasteiger partial charge in [0.15, 0.2) is 5.78 Å². The van der Waals surface area contributed by atoms with E-state index in [0.29, 0.717) is 46.7 Å². The van der Waals surface area contributed by atoms with Gasteiger partial charge in [-0.25, -0.2) is 0 Å². The van der Waals surface area contributed by atoms with E-state index in [0.717, 1.165) is 16.8 Å². The third-order valence-corrected chi connectivity index (χ3v) is 6.97. The molecule has 212 valence electrons. The van der Waals surface area contributed by atoms with Crippen molar-refractivity contribution in [3.8, 4) is 0 Å². The van der Waals surface area contributed by atoms with Crippen LogP contribution in [-0.2, 0) is 23.1 Å². The lowest BCUT2D eigenvalue weighted by atomic mass is 9.97. The Morgan fingerprint density at radius 3 is 2.52 bits per heavy atom. The molecule has 4 aromatic rings. The predicted octanol–water partition coefficient (Wildman–Crippen LogP) is 5.06. The molecule has 0 fully saturated rings. The Bertz CT molecular complexity index is 1720. The summed E-state index contributed by atoms with van der Waals surface area (Å²) in [6, 6.07) is 20.9. The summed E-state index contributed by atoms with van der Waals surface area (Å²) in [7, 11) is 1.69. The van der Waals surface area contributed by atoms with E-state index in [4.69, 9.17) is 5.11 Å². The van der Waals surface area contributed by atoms with Crippen molar-refractivity contribution in [2.45, 2.75) is 32.1 Å². The lowest BCUT2D eigenvalue weighted by Gasteiger charge is -2.09. The Morgan fingerprint density at radius 2 is 1.81 bits per heavy atom. The van der Waals surface area contributed by atoms with Crippen LogP contribution in [0.2, 0.25) is 0 Å². The molecule has 1 atom stereocenters. The molecule has 2 amide bonds. The van der Waals surface area contributed by atoms with Gasteiger partial charge in [-0.15, -0.1) is 0 Å². The molecule has 42 heavy (non-hydrogen) atoms. The summed E-state index contributed by atoms with van der Waals surface area (Å²) in [5.74, 6) is -2.23. The molecule has 5 rings (SSSR count). The molecule has 0 spiro atoms. The van der Waals surface area contributed by atoms with E-state index < -0.39 is 11.9 Å². The smallest absolute Gasteiger partial charge is 0.303 e. The second-order valence-electron chi connectivity index (χ2n) is 10.1. The highest BCUT2D eigenvalue weighted by Crippen LogP contribution is 2.33. The van der Waals surface area contributed by atoms with Crippen molar-refractivity contribution in [3.05, 3.63) is 106 Å². The number of aryl methyl sites for hydroxylation is 3. The number of anilines is 2. The first-order valence-electron chi connectivity index (χ1n) is 13.4. The molecule has 2 heterocycles. The average Bonchev–Trinajstić information content (AvgIpc) is 3.48. The molecule has 1 aromatic heterocycles. The number of carbonyl (C=O) groups is 4. The zero-order valence-corrected chi connectivity index (χ0v) is 23.1. The number of ketones is 1. The quantitative estimate of drug-likeness (QED) is 0.182. The number of hydrogen-bond donors (Lipinski definition) is 3. The molecular weight excluding hydrogens is 534 g/mol. The van der Waals surface area contributed by atoms with E-state index in [1.54, 1.807) is 68.7 Å². The molecule has 3 aromatic carbocycles. The number of benzene rings is 3. The number of aliphatic carboxylic acids is 1. The summed E-state index contributed by atoms with van der Waals surface area (Å²) in [6.07, 6.45) is 2.94. The number of rotatable bonds is 10. The number of nitrogens with one attached hydrogen (secondary N) is 2. The number of aromatic nitrogens is 2. The van der Waals surface area contributed by atoms with Gasteiger partial charge < -0.3 is 15.7 Å². The van der Waals surface area contributed by atoms with Gasteiger partial charge in [0.2, 0.25) is 5.91 Å².